The smallest absolute Gasteiger partial charge is 0.462 e. The van der Waals surface area contributed by atoms with Crippen LogP contribution in [0.3, 0.4) is 0 Å². The first-order chi connectivity index (χ1) is 47.0. The third-order valence-corrected chi connectivity index (χ3v) is 18.5. The van der Waals surface area contributed by atoms with Gasteiger partial charge in [-0.3, -0.25) is 18.6 Å². The molecule has 0 saturated carbocycles. The quantitative estimate of drug-likeness (QED) is 0.0211. The number of carbonyl (C=O) groups excluding carboxylic acids is 2. The van der Waals surface area contributed by atoms with E-state index in [-0.39, 0.29) is 32.0 Å². The van der Waals surface area contributed by atoms with E-state index in [1.54, 1.807) is 0 Å². The molecule has 2 unspecified atom stereocenters. The van der Waals surface area contributed by atoms with Crippen molar-refractivity contribution in [1.82, 2.24) is 0 Å². The molecule has 0 aliphatic rings. The molecule has 0 saturated heterocycles. The number of likely N-dealkylation sites (N-methyl/N-ethyl adjacent to an activating group) is 1. The highest BCUT2D eigenvalue weighted by molar-refractivity contribution is 7.47. The number of phosphoric acid groups is 1. The number of quaternary nitrogens is 1. The number of hydrogen-bond donors (Lipinski definition) is 1. The average molecular weight is 1360 g/mol. The normalized spacial score (nSPS) is 13.7. The molecule has 0 aromatic heterocycles. The number of nitrogens with zero attached hydrogens (tertiary/aromatic N) is 1. The predicted octanol–water partition coefficient (Wildman–Crippen LogP) is 26.9. The molecule has 0 spiro atoms. The van der Waals surface area contributed by atoms with Crippen molar-refractivity contribution in [3.8, 4) is 0 Å². The fourth-order valence-corrected chi connectivity index (χ4v) is 12.2. The summed E-state index contributed by atoms with van der Waals surface area (Å²) in [6.07, 6.45) is 109. The van der Waals surface area contributed by atoms with Crippen molar-refractivity contribution in [2.45, 2.75) is 367 Å². The van der Waals surface area contributed by atoms with E-state index in [0.717, 1.165) is 96.3 Å². The van der Waals surface area contributed by atoms with Crippen LogP contribution in [0.4, 0.5) is 0 Å². The van der Waals surface area contributed by atoms with E-state index in [1.807, 2.05) is 21.1 Å². The second kappa shape index (κ2) is 75.6. The lowest BCUT2D eigenvalue weighted by Crippen LogP contribution is -2.37. The van der Waals surface area contributed by atoms with Crippen molar-refractivity contribution in [3.05, 3.63) is 122 Å². The van der Waals surface area contributed by atoms with Gasteiger partial charge in [-0.2, -0.15) is 0 Å². The second-order valence-corrected chi connectivity index (χ2v) is 29.5. The van der Waals surface area contributed by atoms with Gasteiger partial charge in [-0.1, -0.05) is 367 Å². The van der Waals surface area contributed by atoms with Crippen LogP contribution < -0.4 is 0 Å². The van der Waals surface area contributed by atoms with Crippen LogP contribution in [0.25, 0.3) is 0 Å². The summed E-state index contributed by atoms with van der Waals surface area (Å²) < 4.78 is 34.8. The molecule has 2 atom stereocenters. The van der Waals surface area contributed by atoms with Crippen LogP contribution in [0.2, 0.25) is 0 Å². The van der Waals surface area contributed by atoms with Crippen molar-refractivity contribution in [2.75, 3.05) is 47.5 Å². The van der Waals surface area contributed by atoms with Crippen molar-refractivity contribution < 1.29 is 42.1 Å². The van der Waals surface area contributed by atoms with Crippen molar-refractivity contribution in [3.63, 3.8) is 0 Å². The Balaban J connectivity index is 3.93. The van der Waals surface area contributed by atoms with Crippen LogP contribution in [0, 0.1) is 0 Å². The lowest BCUT2D eigenvalue weighted by Gasteiger charge is -2.24. The zero-order valence-electron chi connectivity index (χ0n) is 63.3. The van der Waals surface area contributed by atoms with E-state index in [4.69, 9.17) is 18.5 Å². The van der Waals surface area contributed by atoms with Crippen LogP contribution in [-0.4, -0.2) is 74.9 Å². The summed E-state index contributed by atoms with van der Waals surface area (Å²) in [5, 5.41) is 0. The van der Waals surface area contributed by atoms with E-state index < -0.39 is 26.5 Å². The molecule has 0 fully saturated rings. The summed E-state index contributed by atoms with van der Waals surface area (Å²) >= 11 is 0. The minimum atomic E-state index is -4.40. The Morgan fingerprint density at radius 2 is 0.562 bits per heavy atom. The van der Waals surface area contributed by atoms with Crippen molar-refractivity contribution in [2.24, 2.45) is 0 Å². The summed E-state index contributed by atoms with van der Waals surface area (Å²) in [6, 6.07) is 0. The number of rotatable bonds is 74. The zero-order valence-corrected chi connectivity index (χ0v) is 64.2. The molecule has 0 amide bonds. The number of carbonyl (C=O) groups is 2. The predicted molar refractivity (Wildman–Crippen MR) is 418 cm³/mol. The summed E-state index contributed by atoms with van der Waals surface area (Å²) in [5.41, 5.74) is 0. The Kier molecular flexibility index (Phi) is 72.8. The van der Waals surface area contributed by atoms with Gasteiger partial charge in [-0.25, -0.2) is 4.57 Å². The molecule has 0 bridgehead atoms. The molecule has 0 aliphatic carbocycles. The Morgan fingerprint density at radius 1 is 0.323 bits per heavy atom. The molecule has 0 aliphatic heterocycles. The number of phosphoric ester groups is 1. The van der Waals surface area contributed by atoms with Crippen LogP contribution >= 0.6 is 7.82 Å². The lowest BCUT2D eigenvalue weighted by molar-refractivity contribution is -0.870. The van der Waals surface area contributed by atoms with Gasteiger partial charge in [0.2, 0.25) is 0 Å². The van der Waals surface area contributed by atoms with E-state index in [9.17, 15) is 19.0 Å². The third-order valence-electron chi connectivity index (χ3n) is 17.5. The maximum atomic E-state index is 12.9. The number of unbranched alkanes of at least 4 members (excludes halogenated alkanes) is 40. The van der Waals surface area contributed by atoms with E-state index in [0.29, 0.717) is 17.4 Å². The Hall–Kier alpha value is -3.59. The van der Waals surface area contributed by atoms with Gasteiger partial charge in [-0.05, 0) is 103 Å². The van der Waals surface area contributed by atoms with Gasteiger partial charge in [0.25, 0.3) is 0 Å². The average Bonchev–Trinajstić information content (AvgIpc) is 1.98. The Bertz CT molecular complexity index is 2040. The second-order valence-electron chi connectivity index (χ2n) is 28.0. The Morgan fingerprint density at radius 3 is 0.833 bits per heavy atom. The molecule has 10 heteroatoms. The standard InChI is InChI=1S/C86H152NO8P/c1-6-8-10-12-14-16-18-20-22-24-26-28-30-32-34-36-38-40-41-42-43-44-45-47-49-51-53-55-57-59-61-63-65-67-69-71-73-75-77-79-86(89)95-84(83-94-96(90,91)93-81-80-87(3,4)5)82-92-85(88)78-76-74-72-70-68-66-64-62-60-58-56-54-52-50-48-46-39-37-35-33-31-29-27-25-23-21-19-17-15-13-11-9-7-2/h8-11,14-17,20-23,26-29,32-35,84H,6-7,12-13,18-19,24-25,30-31,36-83H2,1-5H3/p+1/b10-8-,11-9-,16-14-,17-15-,22-20-,23-21-,28-26-,29-27-,34-32-,35-33-. The highest BCUT2D eigenvalue weighted by Gasteiger charge is 2.27. The summed E-state index contributed by atoms with van der Waals surface area (Å²) in [7, 11) is 1.49. The number of ether oxygens (including phenoxy) is 2. The minimum Gasteiger partial charge on any atom is -0.462 e. The van der Waals surface area contributed by atoms with Crippen LogP contribution in [0.5, 0.6) is 0 Å². The highest BCUT2D eigenvalue weighted by Crippen LogP contribution is 2.43. The monoisotopic (exact) mass is 1360 g/mol. The van der Waals surface area contributed by atoms with Gasteiger partial charge < -0.3 is 18.9 Å². The highest BCUT2D eigenvalue weighted by atomic mass is 31.2. The number of hydrogen-bond acceptors (Lipinski definition) is 7. The molecule has 0 aromatic carbocycles. The summed E-state index contributed by atoms with van der Waals surface area (Å²) in [6.45, 7) is 4.25. The van der Waals surface area contributed by atoms with Gasteiger partial charge in [-0.15, -0.1) is 0 Å². The fourth-order valence-electron chi connectivity index (χ4n) is 11.4. The molecule has 0 radical (unpaired) electrons. The van der Waals surface area contributed by atoms with Gasteiger partial charge >= 0.3 is 19.8 Å². The number of allylic oxidation sites excluding steroid dienone is 20. The summed E-state index contributed by atoms with van der Waals surface area (Å²) in [4.78, 5) is 36.0. The van der Waals surface area contributed by atoms with Gasteiger partial charge in [0, 0.05) is 12.8 Å². The molecule has 554 valence electrons. The molecule has 0 rings (SSSR count). The lowest BCUT2D eigenvalue weighted by atomic mass is 10.0. The van der Waals surface area contributed by atoms with Crippen LogP contribution in [0.1, 0.15) is 361 Å². The van der Waals surface area contributed by atoms with Crippen molar-refractivity contribution in [1.29, 1.82) is 0 Å². The van der Waals surface area contributed by atoms with Crippen LogP contribution in [-0.2, 0) is 32.7 Å². The summed E-state index contributed by atoms with van der Waals surface area (Å²) in [5.74, 6) is -0.783. The Labute approximate surface area is 594 Å². The molecule has 9 nitrogen and oxygen atoms in total. The topological polar surface area (TPSA) is 108 Å². The molecule has 96 heavy (non-hydrogen) atoms. The molecular formula is C86H153NO8P+. The van der Waals surface area contributed by atoms with Gasteiger partial charge in [0.15, 0.2) is 6.10 Å². The van der Waals surface area contributed by atoms with Crippen LogP contribution in [0.15, 0.2) is 122 Å². The first-order valence-corrected chi connectivity index (χ1v) is 41.8. The van der Waals surface area contributed by atoms with Gasteiger partial charge in [0.05, 0.1) is 27.7 Å². The van der Waals surface area contributed by atoms with E-state index >= 15 is 0 Å². The van der Waals surface area contributed by atoms with Crippen molar-refractivity contribution >= 4 is 19.8 Å². The first-order valence-electron chi connectivity index (χ1n) is 40.3. The van der Waals surface area contributed by atoms with Gasteiger partial charge in [0.1, 0.15) is 19.8 Å². The first kappa shape index (κ1) is 92.4. The van der Waals surface area contributed by atoms with E-state index in [2.05, 4.69) is 135 Å². The largest absolute Gasteiger partial charge is 0.472 e. The number of esters is 2. The van der Waals surface area contributed by atoms with E-state index in [1.165, 1.54) is 231 Å². The third kappa shape index (κ3) is 79.4. The molecular weight excluding hydrogens is 1210 g/mol. The molecule has 1 N–H and O–H groups in total. The maximum Gasteiger partial charge on any atom is 0.472 e. The SMILES string of the molecule is CC/C=C\C/C=C\C/C=C\C/C=C\C/C=C\CCCCCCCCCCCCCCCCCCCCCCCCCC(=O)OC(COC(=O)CCCCCCCCCCCCCCCCCCC/C=C\C/C=C\C/C=C\C/C=C\C/C=C\CC)COP(=O)(O)OCC[N+](C)(C)C. The molecule has 0 aromatic rings. The maximum absolute atomic E-state index is 12.9. The molecule has 0 heterocycles. The minimum absolute atomic E-state index is 0.0306. The fraction of sp³-hybridized carbons (Fsp3) is 0.744. The zero-order chi connectivity index (χ0) is 69.7.